The minimum atomic E-state index is -4.39. The topological polar surface area (TPSA) is 107 Å². The van der Waals surface area contributed by atoms with E-state index in [9.17, 15) is 22.8 Å². The van der Waals surface area contributed by atoms with Gasteiger partial charge in [-0.05, 0) is 26.2 Å². The third kappa shape index (κ3) is 4.93. The fraction of sp³-hybridized carbons (Fsp3) is 0.381. The Labute approximate surface area is 192 Å². The Morgan fingerprint density at radius 1 is 1.38 bits per heavy atom. The van der Waals surface area contributed by atoms with Crippen molar-refractivity contribution in [2.45, 2.75) is 18.6 Å². The molecule has 13 heteroatoms. The molecule has 2 N–H and O–H groups in total. The molecule has 2 aromatic rings. The number of aromatic nitrogens is 2. The van der Waals surface area contributed by atoms with Crippen LogP contribution in [0.3, 0.4) is 0 Å². The number of nitrogens with one attached hydrogen (secondary N) is 2. The second-order valence-corrected chi connectivity index (χ2v) is 8.19. The zero-order valence-corrected chi connectivity index (χ0v) is 18.7. The number of alkyl halides is 3. The van der Waals surface area contributed by atoms with Crippen molar-refractivity contribution in [3.8, 4) is 11.5 Å². The van der Waals surface area contributed by atoms with E-state index in [1.54, 1.807) is 22.7 Å². The monoisotopic (exact) mass is 478 g/mol. The number of amidine groups is 1. The lowest BCUT2D eigenvalue weighted by atomic mass is 10.2. The maximum atomic E-state index is 12.7. The van der Waals surface area contributed by atoms with Crippen molar-refractivity contribution in [3.63, 3.8) is 0 Å². The summed E-state index contributed by atoms with van der Waals surface area (Å²) < 4.78 is 44.4. The number of anilines is 1. The van der Waals surface area contributed by atoms with Gasteiger partial charge in [-0.15, -0.1) is 0 Å². The van der Waals surface area contributed by atoms with Crippen molar-refractivity contribution in [1.29, 1.82) is 0 Å². The van der Waals surface area contributed by atoms with Gasteiger partial charge >= 0.3 is 17.9 Å². The number of amides is 2. The molecule has 0 spiro atoms. The van der Waals surface area contributed by atoms with E-state index in [1.165, 1.54) is 18.3 Å². The number of oxazole rings is 1. The lowest BCUT2D eigenvalue weighted by Crippen LogP contribution is -2.48. The summed E-state index contributed by atoms with van der Waals surface area (Å²) in [5, 5.41) is 4.91. The number of hydrogen-bond acceptors (Lipinski definition) is 7. The molecule has 2 aliphatic heterocycles. The first-order chi connectivity index (χ1) is 16.0. The van der Waals surface area contributed by atoms with Gasteiger partial charge in [-0.3, -0.25) is 4.79 Å². The van der Waals surface area contributed by atoms with Gasteiger partial charge in [-0.1, -0.05) is 0 Å². The van der Waals surface area contributed by atoms with Gasteiger partial charge in [0.25, 0.3) is 5.91 Å². The predicted molar refractivity (Wildman–Crippen MR) is 115 cm³/mol. The molecule has 0 radical (unpaired) electrons. The molecule has 10 nitrogen and oxygen atoms in total. The highest BCUT2D eigenvalue weighted by molar-refractivity contribution is 6.10. The maximum Gasteiger partial charge on any atom is 0.405 e. The van der Waals surface area contributed by atoms with Gasteiger partial charge in [0.15, 0.2) is 11.4 Å². The lowest BCUT2D eigenvalue weighted by Gasteiger charge is -2.22. The minimum absolute atomic E-state index is 0.00719. The molecule has 2 amide bonds. The van der Waals surface area contributed by atoms with Crippen LogP contribution >= 0.6 is 0 Å². The summed E-state index contributed by atoms with van der Waals surface area (Å²) in [5.41, 5.74) is 0.809. The summed E-state index contributed by atoms with van der Waals surface area (Å²) in [7, 11) is 5.61. The number of carbonyl (C=O) groups is 2. The molecule has 4 heterocycles. The molecule has 1 saturated heterocycles. The lowest BCUT2D eigenvalue weighted by molar-refractivity contribution is -0.441. The van der Waals surface area contributed by atoms with Crippen molar-refractivity contribution in [2.75, 3.05) is 39.5 Å². The number of likely N-dealkylation sites (tertiary alicyclic amines) is 1. The second kappa shape index (κ2) is 8.89. The molecule has 2 aromatic heterocycles. The summed E-state index contributed by atoms with van der Waals surface area (Å²) >= 11 is 0. The predicted octanol–water partition coefficient (Wildman–Crippen LogP) is 1.50. The quantitative estimate of drug-likeness (QED) is 0.606. The fourth-order valence-corrected chi connectivity index (χ4v) is 3.65. The Kier molecular flexibility index (Phi) is 6.13. The van der Waals surface area contributed by atoms with Crippen molar-refractivity contribution in [1.82, 2.24) is 25.1 Å². The van der Waals surface area contributed by atoms with Crippen LogP contribution in [0.2, 0.25) is 0 Å². The fourth-order valence-electron chi connectivity index (χ4n) is 3.65. The largest absolute Gasteiger partial charge is 0.444 e. The van der Waals surface area contributed by atoms with Crippen LogP contribution < -0.4 is 10.6 Å². The van der Waals surface area contributed by atoms with Gasteiger partial charge < -0.3 is 20.0 Å². The standard InChI is InChI=1S/C21H22F3N7O3/c1-29(2)13-7-17(32)31(8-13)20-14(9-30(20)3)27-18(33)15-10-34-19(28-15)12-4-5-25-16(6-12)26-11-21(22,23)24/h4-6,9-10,13H,7-8,11H2,1-3H3,(H-,25,26,27,33)/p+1. The van der Waals surface area contributed by atoms with Crippen molar-refractivity contribution < 1.29 is 31.8 Å². The highest BCUT2D eigenvalue weighted by atomic mass is 19.4. The van der Waals surface area contributed by atoms with Crippen LogP contribution in [-0.4, -0.2) is 88.4 Å². The average molecular weight is 478 g/mol. The molecule has 1 fully saturated rings. The van der Waals surface area contributed by atoms with Crippen LogP contribution in [0.4, 0.5) is 19.0 Å². The number of nitrogens with zero attached hydrogens (tertiary/aromatic N) is 5. The van der Waals surface area contributed by atoms with E-state index in [1.807, 2.05) is 19.0 Å². The zero-order chi connectivity index (χ0) is 24.6. The first-order valence-electron chi connectivity index (χ1n) is 10.3. The molecule has 0 aromatic carbocycles. The molecule has 1 atom stereocenters. The number of pyridine rings is 1. The SMILES string of the molecule is CN(C)C1CC(=O)N(C2=[N+](C)C=C2NC(=O)c2coc(-c3ccnc(NCC(F)(F)F)c3)n2)C1. The first kappa shape index (κ1) is 23.4. The van der Waals surface area contributed by atoms with Crippen LogP contribution in [0, 0.1) is 0 Å². The van der Waals surface area contributed by atoms with Gasteiger partial charge in [-0.2, -0.15) is 18.1 Å². The molecule has 0 saturated carbocycles. The number of hydrogen-bond donors (Lipinski definition) is 2. The smallest absolute Gasteiger partial charge is 0.405 e. The Hall–Kier alpha value is -3.74. The first-order valence-corrected chi connectivity index (χ1v) is 10.3. The summed E-state index contributed by atoms with van der Waals surface area (Å²) in [4.78, 5) is 36.8. The highest BCUT2D eigenvalue weighted by Crippen LogP contribution is 2.23. The highest BCUT2D eigenvalue weighted by Gasteiger charge is 2.45. The zero-order valence-electron chi connectivity index (χ0n) is 18.7. The van der Waals surface area contributed by atoms with Crippen molar-refractivity contribution in [3.05, 3.63) is 42.2 Å². The van der Waals surface area contributed by atoms with E-state index in [-0.39, 0.29) is 29.4 Å². The molecule has 4 rings (SSSR count). The van der Waals surface area contributed by atoms with E-state index in [2.05, 4.69) is 20.6 Å². The number of carbonyl (C=O) groups excluding carboxylic acids is 2. The maximum absolute atomic E-state index is 12.7. The molecule has 34 heavy (non-hydrogen) atoms. The number of halogens is 3. The van der Waals surface area contributed by atoms with Gasteiger partial charge in [0.1, 0.15) is 31.4 Å². The summed E-state index contributed by atoms with van der Waals surface area (Å²) in [6.45, 7) is -0.723. The average Bonchev–Trinajstić information content (AvgIpc) is 3.39. The Morgan fingerprint density at radius 3 is 2.79 bits per heavy atom. The molecule has 2 aliphatic rings. The number of rotatable bonds is 6. The number of likely N-dealkylation sites (N-methyl/N-ethyl adjacent to an activating group) is 1. The summed E-state index contributed by atoms with van der Waals surface area (Å²) in [6, 6.07) is 2.93. The van der Waals surface area contributed by atoms with Crippen LogP contribution in [0.15, 0.2) is 40.9 Å². The van der Waals surface area contributed by atoms with Crippen molar-refractivity contribution in [2.24, 2.45) is 0 Å². The molecule has 0 aliphatic carbocycles. The van der Waals surface area contributed by atoms with E-state index in [4.69, 9.17) is 4.42 Å². The van der Waals surface area contributed by atoms with E-state index < -0.39 is 18.6 Å². The van der Waals surface area contributed by atoms with Gasteiger partial charge in [0.05, 0.1) is 19.5 Å². The van der Waals surface area contributed by atoms with Crippen LogP contribution in [-0.2, 0) is 4.79 Å². The van der Waals surface area contributed by atoms with Crippen LogP contribution in [0.5, 0.6) is 0 Å². The molecule has 0 bridgehead atoms. The Balaban J connectivity index is 1.42. The summed E-state index contributed by atoms with van der Waals surface area (Å²) in [5.74, 6) is 0.0621. The molecule has 1 unspecified atom stereocenters. The Bertz CT molecular complexity index is 1190. The summed E-state index contributed by atoms with van der Waals surface area (Å²) in [6.07, 6.45) is 0.150. The Morgan fingerprint density at radius 2 is 2.15 bits per heavy atom. The molecule has 180 valence electrons. The second-order valence-electron chi connectivity index (χ2n) is 8.19. The van der Waals surface area contributed by atoms with E-state index in [0.717, 1.165) is 6.26 Å². The van der Waals surface area contributed by atoms with Gasteiger partial charge in [0, 0.05) is 11.8 Å². The van der Waals surface area contributed by atoms with Crippen LogP contribution in [0.1, 0.15) is 16.9 Å². The van der Waals surface area contributed by atoms with E-state index >= 15 is 0 Å². The minimum Gasteiger partial charge on any atom is -0.444 e. The van der Waals surface area contributed by atoms with Gasteiger partial charge in [-0.25, -0.2) is 19.3 Å². The van der Waals surface area contributed by atoms with E-state index in [0.29, 0.717) is 30.1 Å². The van der Waals surface area contributed by atoms with Crippen LogP contribution in [0.25, 0.3) is 11.5 Å². The van der Waals surface area contributed by atoms with Gasteiger partial charge in [0.2, 0.25) is 5.89 Å². The normalized spacial score (nSPS) is 18.3. The molecular formula is C21H23F3N7O3+. The third-order valence-corrected chi connectivity index (χ3v) is 5.45. The van der Waals surface area contributed by atoms with Crippen molar-refractivity contribution >= 4 is 23.5 Å². The third-order valence-electron chi connectivity index (χ3n) is 5.45. The molecular weight excluding hydrogens is 455 g/mol.